The Bertz CT molecular complexity index is 422. The average molecular weight is 279 g/mol. The van der Waals surface area contributed by atoms with E-state index in [1.54, 1.807) is 0 Å². The minimum atomic E-state index is 0.410. The lowest BCUT2D eigenvalue weighted by molar-refractivity contribution is 0.290. The van der Waals surface area contributed by atoms with Gasteiger partial charge in [0, 0.05) is 20.1 Å². The minimum Gasteiger partial charge on any atom is -0.463 e. The molecule has 0 atom stereocenters. The van der Waals surface area contributed by atoms with Crippen LogP contribution in [0.3, 0.4) is 0 Å². The van der Waals surface area contributed by atoms with Gasteiger partial charge in [-0.05, 0) is 32.1 Å². The van der Waals surface area contributed by atoms with Crippen LogP contribution in [0.5, 0.6) is 6.01 Å². The summed E-state index contributed by atoms with van der Waals surface area (Å²) < 4.78 is 5.55. The second-order valence-corrected chi connectivity index (χ2v) is 5.18. The highest BCUT2D eigenvalue weighted by atomic mass is 16.5. The standard InChI is InChI=1S/C14H25N5O/c1-4-9-20-14-17-12(15-3)16-13(18-14)19(5-2)10-11-7-6-8-11/h11H,4-10H2,1-3H3,(H,15,16,17,18). The molecule has 1 N–H and O–H groups in total. The molecule has 1 aromatic rings. The van der Waals surface area contributed by atoms with Crippen molar-refractivity contribution >= 4 is 11.9 Å². The van der Waals surface area contributed by atoms with E-state index in [0.717, 1.165) is 25.4 Å². The van der Waals surface area contributed by atoms with Crippen LogP contribution in [0.2, 0.25) is 0 Å². The molecule has 6 nitrogen and oxygen atoms in total. The zero-order valence-electron chi connectivity index (χ0n) is 12.7. The molecule has 1 saturated carbocycles. The van der Waals surface area contributed by atoms with E-state index in [1.165, 1.54) is 19.3 Å². The summed E-state index contributed by atoms with van der Waals surface area (Å²) >= 11 is 0. The van der Waals surface area contributed by atoms with Gasteiger partial charge in [0.2, 0.25) is 11.9 Å². The van der Waals surface area contributed by atoms with Gasteiger partial charge in [-0.1, -0.05) is 13.3 Å². The summed E-state index contributed by atoms with van der Waals surface area (Å²) in [6.07, 6.45) is 4.93. The van der Waals surface area contributed by atoms with Gasteiger partial charge in [-0.15, -0.1) is 0 Å². The van der Waals surface area contributed by atoms with Gasteiger partial charge in [0.05, 0.1) is 6.61 Å². The Morgan fingerprint density at radius 1 is 1.25 bits per heavy atom. The third-order valence-electron chi connectivity index (χ3n) is 3.63. The fourth-order valence-electron chi connectivity index (χ4n) is 2.20. The largest absolute Gasteiger partial charge is 0.463 e. The number of aromatic nitrogens is 3. The molecule has 112 valence electrons. The number of hydrogen-bond acceptors (Lipinski definition) is 6. The maximum Gasteiger partial charge on any atom is 0.323 e. The predicted octanol–water partition coefficient (Wildman–Crippen LogP) is 2.33. The lowest BCUT2D eigenvalue weighted by atomic mass is 9.85. The van der Waals surface area contributed by atoms with Gasteiger partial charge in [0.25, 0.3) is 0 Å². The number of anilines is 2. The number of nitrogens with zero attached hydrogens (tertiary/aromatic N) is 4. The van der Waals surface area contributed by atoms with Crippen LogP contribution >= 0.6 is 0 Å². The van der Waals surface area contributed by atoms with Crippen LogP contribution in [-0.4, -0.2) is 41.7 Å². The van der Waals surface area contributed by atoms with Crippen LogP contribution in [0.4, 0.5) is 11.9 Å². The molecule has 0 saturated heterocycles. The number of nitrogens with one attached hydrogen (secondary N) is 1. The first-order valence-electron chi connectivity index (χ1n) is 7.58. The maximum atomic E-state index is 5.55. The highest BCUT2D eigenvalue weighted by Crippen LogP contribution is 2.28. The summed E-state index contributed by atoms with van der Waals surface area (Å²) in [4.78, 5) is 15.3. The second kappa shape index (κ2) is 7.26. The SMILES string of the molecule is CCCOc1nc(NC)nc(N(CC)CC2CCC2)n1. The van der Waals surface area contributed by atoms with Crippen molar-refractivity contribution in [1.29, 1.82) is 0 Å². The molecule has 0 unspecified atom stereocenters. The molecular formula is C14H25N5O. The predicted molar refractivity (Wildman–Crippen MR) is 80.4 cm³/mol. The van der Waals surface area contributed by atoms with E-state index in [0.29, 0.717) is 24.5 Å². The van der Waals surface area contributed by atoms with Crippen molar-refractivity contribution in [2.45, 2.75) is 39.5 Å². The van der Waals surface area contributed by atoms with E-state index >= 15 is 0 Å². The van der Waals surface area contributed by atoms with E-state index in [9.17, 15) is 0 Å². The van der Waals surface area contributed by atoms with Crippen LogP contribution < -0.4 is 15.0 Å². The normalized spacial score (nSPS) is 14.8. The molecule has 6 heteroatoms. The van der Waals surface area contributed by atoms with Gasteiger partial charge in [-0.25, -0.2) is 0 Å². The zero-order chi connectivity index (χ0) is 14.4. The molecule has 20 heavy (non-hydrogen) atoms. The van der Waals surface area contributed by atoms with Crippen molar-refractivity contribution in [2.24, 2.45) is 5.92 Å². The third kappa shape index (κ3) is 3.71. The molecule has 1 aliphatic carbocycles. The van der Waals surface area contributed by atoms with Crippen molar-refractivity contribution in [3.63, 3.8) is 0 Å². The van der Waals surface area contributed by atoms with E-state index < -0.39 is 0 Å². The summed E-state index contributed by atoms with van der Waals surface area (Å²) in [6.45, 7) is 6.75. The van der Waals surface area contributed by atoms with Gasteiger partial charge in [0.15, 0.2) is 0 Å². The third-order valence-corrected chi connectivity index (χ3v) is 3.63. The van der Waals surface area contributed by atoms with Crippen molar-refractivity contribution in [2.75, 3.05) is 37.0 Å². The van der Waals surface area contributed by atoms with Crippen LogP contribution in [0.15, 0.2) is 0 Å². The molecule has 1 aliphatic rings. The maximum absolute atomic E-state index is 5.55. The van der Waals surface area contributed by atoms with E-state index in [4.69, 9.17) is 4.74 Å². The Balaban J connectivity index is 2.13. The van der Waals surface area contributed by atoms with Crippen molar-refractivity contribution in [1.82, 2.24) is 15.0 Å². The summed E-state index contributed by atoms with van der Waals surface area (Å²) in [7, 11) is 1.81. The fraction of sp³-hybridized carbons (Fsp3) is 0.786. The molecule has 1 fully saturated rings. The lowest BCUT2D eigenvalue weighted by Crippen LogP contribution is -2.34. The smallest absolute Gasteiger partial charge is 0.323 e. The van der Waals surface area contributed by atoms with Crippen LogP contribution in [0, 0.1) is 5.92 Å². The Morgan fingerprint density at radius 3 is 2.60 bits per heavy atom. The highest BCUT2D eigenvalue weighted by molar-refractivity contribution is 5.38. The topological polar surface area (TPSA) is 63.2 Å². The lowest BCUT2D eigenvalue weighted by Gasteiger charge is -2.31. The van der Waals surface area contributed by atoms with Crippen LogP contribution in [0.25, 0.3) is 0 Å². The number of hydrogen-bond donors (Lipinski definition) is 1. The number of ether oxygens (including phenoxy) is 1. The van der Waals surface area contributed by atoms with Crippen LogP contribution in [0.1, 0.15) is 39.5 Å². The van der Waals surface area contributed by atoms with Crippen molar-refractivity contribution in [3.8, 4) is 6.01 Å². The van der Waals surface area contributed by atoms with E-state index in [-0.39, 0.29) is 0 Å². The molecule has 0 bridgehead atoms. The molecule has 0 aliphatic heterocycles. The minimum absolute atomic E-state index is 0.410. The molecule has 0 radical (unpaired) electrons. The molecule has 1 aromatic heterocycles. The molecule has 0 spiro atoms. The van der Waals surface area contributed by atoms with E-state index in [1.807, 2.05) is 7.05 Å². The summed E-state index contributed by atoms with van der Waals surface area (Å²) in [5.74, 6) is 2.06. The molecule has 0 amide bonds. The summed E-state index contributed by atoms with van der Waals surface area (Å²) in [5, 5.41) is 2.98. The Hall–Kier alpha value is -1.59. The Morgan fingerprint density at radius 2 is 2.05 bits per heavy atom. The van der Waals surface area contributed by atoms with Crippen molar-refractivity contribution in [3.05, 3.63) is 0 Å². The summed E-state index contributed by atoms with van der Waals surface area (Å²) in [6, 6.07) is 0.410. The monoisotopic (exact) mass is 279 g/mol. The molecule has 2 rings (SSSR count). The molecule has 0 aromatic carbocycles. The molecular weight excluding hydrogens is 254 g/mol. The van der Waals surface area contributed by atoms with Gasteiger partial charge < -0.3 is 15.0 Å². The fourth-order valence-corrected chi connectivity index (χ4v) is 2.20. The second-order valence-electron chi connectivity index (χ2n) is 5.18. The van der Waals surface area contributed by atoms with Crippen molar-refractivity contribution < 1.29 is 4.74 Å². The first kappa shape index (κ1) is 14.8. The van der Waals surface area contributed by atoms with Gasteiger partial charge >= 0.3 is 6.01 Å². The van der Waals surface area contributed by atoms with E-state index in [2.05, 4.69) is 39.0 Å². The number of rotatable bonds is 8. The molecule has 1 heterocycles. The van der Waals surface area contributed by atoms with Gasteiger partial charge in [0.1, 0.15) is 0 Å². The average Bonchev–Trinajstić information content (AvgIpc) is 2.43. The quantitative estimate of drug-likeness (QED) is 0.788. The Labute approximate surface area is 121 Å². The van der Waals surface area contributed by atoms with Gasteiger partial charge in [-0.2, -0.15) is 15.0 Å². The summed E-state index contributed by atoms with van der Waals surface area (Å²) in [5.41, 5.74) is 0. The van der Waals surface area contributed by atoms with Crippen LogP contribution in [-0.2, 0) is 0 Å². The highest BCUT2D eigenvalue weighted by Gasteiger charge is 2.22. The van der Waals surface area contributed by atoms with Gasteiger partial charge in [-0.3, -0.25) is 0 Å². The Kier molecular flexibility index (Phi) is 5.38. The first-order valence-corrected chi connectivity index (χ1v) is 7.58. The first-order chi connectivity index (χ1) is 9.76. The zero-order valence-corrected chi connectivity index (χ0v) is 12.7.